The van der Waals surface area contributed by atoms with Crippen molar-refractivity contribution < 1.29 is 10.0 Å². The third kappa shape index (κ3) is 6.40. The van der Waals surface area contributed by atoms with Gasteiger partial charge in [-0.1, -0.05) is 23.2 Å². The summed E-state index contributed by atoms with van der Waals surface area (Å²) in [6.07, 6.45) is 0. The number of benzene rings is 2. The number of anilines is 2. The monoisotopic (exact) mass is 605 g/mol. The standard InChI is InChI=1S/C16H15Cl2I2N3O2/c1-23(25)8-15(24)22-14-6-11(18)4-9(16(14)20)7-21-13-5-10(17)2-3-12(13)19/h2-6,21,25H,7-8H2,1H3,(H,22,24). The molecule has 5 nitrogen and oxygen atoms in total. The number of hydrogen-bond donors (Lipinski definition) is 3. The maximum absolute atomic E-state index is 11.9. The summed E-state index contributed by atoms with van der Waals surface area (Å²) in [6, 6.07) is 9.17. The van der Waals surface area contributed by atoms with Crippen LogP contribution in [-0.2, 0) is 11.3 Å². The highest BCUT2D eigenvalue weighted by atomic mass is 127. The van der Waals surface area contributed by atoms with Gasteiger partial charge >= 0.3 is 0 Å². The van der Waals surface area contributed by atoms with Crippen LogP contribution in [-0.4, -0.2) is 29.8 Å². The molecule has 0 radical (unpaired) electrons. The zero-order chi connectivity index (χ0) is 18.6. The number of nitrogens with one attached hydrogen (secondary N) is 2. The number of hydrogen-bond acceptors (Lipinski definition) is 4. The van der Waals surface area contributed by atoms with Crippen LogP contribution in [0.4, 0.5) is 11.4 Å². The fourth-order valence-corrected chi connectivity index (χ4v) is 3.66. The first kappa shape index (κ1) is 21.0. The van der Waals surface area contributed by atoms with E-state index in [0.29, 0.717) is 22.3 Å². The summed E-state index contributed by atoms with van der Waals surface area (Å²) in [5.74, 6) is -0.325. The lowest BCUT2D eigenvalue weighted by Gasteiger charge is -2.15. The minimum atomic E-state index is -0.325. The van der Waals surface area contributed by atoms with Crippen molar-refractivity contribution in [3.8, 4) is 0 Å². The van der Waals surface area contributed by atoms with Crippen molar-refractivity contribution in [1.82, 2.24) is 5.06 Å². The van der Waals surface area contributed by atoms with Gasteiger partial charge in [-0.2, -0.15) is 5.06 Å². The zero-order valence-electron chi connectivity index (χ0n) is 13.1. The molecule has 0 spiro atoms. The van der Waals surface area contributed by atoms with Gasteiger partial charge in [0, 0.05) is 36.5 Å². The van der Waals surface area contributed by atoms with Gasteiger partial charge in [0.2, 0.25) is 5.91 Å². The van der Waals surface area contributed by atoms with Gasteiger partial charge in [-0.3, -0.25) is 4.79 Å². The molecule has 0 aliphatic heterocycles. The van der Waals surface area contributed by atoms with E-state index in [-0.39, 0.29) is 12.5 Å². The lowest BCUT2D eigenvalue weighted by Crippen LogP contribution is -2.28. The molecule has 0 saturated carbocycles. The zero-order valence-corrected chi connectivity index (χ0v) is 18.9. The molecule has 0 saturated heterocycles. The molecule has 25 heavy (non-hydrogen) atoms. The number of carbonyl (C=O) groups is 1. The van der Waals surface area contributed by atoms with Crippen molar-refractivity contribution in [3.63, 3.8) is 0 Å². The molecule has 9 heteroatoms. The number of halogens is 4. The molecule has 2 aromatic rings. The first-order valence-corrected chi connectivity index (χ1v) is 10.0. The van der Waals surface area contributed by atoms with Gasteiger partial charge in [0.25, 0.3) is 0 Å². The topological polar surface area (TPSA) is 64.6 Å². The van der Waals surface area contributed by atoms with E-state index in [4.69, 9.17) is 28.4 Å². The van der Waals surface area contributed by atoms with Gasteiger partial charge in [0.05, 0.1) is 5.69 Å². The van der Waals surface area contributed by atoms with Gasteiger partial charge < -0.3 is 15.8 Å². The Morgan fingerprint density at radius 3 is 2.52 bits per heavy atom. The van der Waals surface area contributed by atoms with Gasteiger partial charge in [0.1, 0.15) is 6.54 Å². The number of hydroxylamine groups is 2. The van der Waals surface area contributed by atoms with Crippen LogP contribution in [0.3, 0.4) is 0 Å². The van der Waals surface area contributed by atoms with E-state index in [1.165, 1.54) is 7.05 Å². The second-order valence-electron chi connectivity index (χ2n) is 5.27. The summed E-state index contributed by atoms with van der Waals surface area (Å²) in [7, 11) is 1.41. The summed E-state index contributed by atoms with van der Waals surface area (Å²) in [4.78, 5) is 11.9. The van der Waals surface area contributed by atoms with Crippen molar-refractivity contribution in [2.75, 3.05) is 24.2 Å². The van der Waals surface area contributed by atoms with E-state index < -0.39 is 0 Å². The molecule has 0 heterocycles. The van der Waals surface area contributed by atoms with Crippen LogP contribution >= 0.6 is 68.4 Å². The molecular formula is C16H15Cl2I2N3O2. The van der Waals surface area contributed by atoms with Crippen LogP contribution in [0, 0.1) is 7.14 Å². The predicted molar refractivity (Wildman–Crippen MR) is 119 cm³/mol. The third-order valence-electron chi connectivity index (χ3n) is 3.16. The number of amides is 1. The van der Waals surface area contributed by atoms with Gasteiger partial charge in [0.15, 0.2) is 0 Å². The molecule has 0 aliphatic rings. The van der Waals surface area contributed by atoms with Crippen molar-refractivity contribution in [2.45, 2.75) is 6.54 Å². The highest BCUT2D eigenvalue weighted by Gasteiger charge is 2.12. The van der Waals surface area contributed by atoms with Crippen LogP contribution in [0.1, 0.15) is 5.56 Å². The van der Waals surface area contributed by atoms with Crippen molar-refractivity contribution >= 4 is 85.7 Å². The minimum absolute atomic E-state index is 0.128. The molecule has 3 N–H and O–H groups in total. The van der Waals surface area contributed by atoms with Crippen LogP contribution in [0.5, 0.6) is 0 Å². The van der Waals surface area contributed by atoms with E-state index in [1.54, 1.807) is 6.07 Å². The largest absolute Gasteiger partial charge is 0.380 e. The fraction of sp³-hybridized carbons (Fsp3) is 0.188. The number of likely N-dealkylation sites (N-methyl/N-ethyl adjacent to an activating group) is 1. The Bertz CT molecular complexity index is 788. The SMILES string of the molecule is CN(O)CC(=O)Nc1cc(Cl)cc(CNc2cc(Cl)ccc2I)c1I. The summed E-state index contributed by atoms with van der Waals surface area (Å²) < 4.78 is 1.93. The van der Waals surface area contributed by atoms with E-state index in [2.05, 4.69) is 55.8 Å². The summed E-state index contributed by atoms with van der Waals surface area (Å²) in [6.45, 7) is 0.398. The first-order valence-electron chi connectivity index (χ1n) is 7.13. The lowest BCUT2D eigenvalue weighted by molar-refractivity contribution is -0.128. The Morgan fingerprint density at radius 1 is 1.16 bits per heavy atom. The maximum atomic E-state index is 11.9. The number of nitrogens with zero attached hydrogens (tertiary/aromatic N) is 1. The van der Waals surface area contributed by atoms with E-state index in [0.717, 1.165) is 23.5 Å². The van der Waals surface area contributed by atoms with Crippen LogP contribution in [0.25, 0.3) is 0 Å². The minimum Gasteiger partial charge on any atom is -0.380 e. The smallest absolute Gasteiger partial charge is 0.241 e. The van der Waals surface area contributed by atoms with Crippen LogP contribution in [0.2, 0.25) is 10.0 Å². The molecule has 2 aromatic carbocycles. The quantitative estimate of drug-likeness (QED) is 0.318. The molecule has 0 aromatic heterocycles. The van der Waals surface area contributed by atoms with E-state index in [9.17, 15) is 4.79 Å². The molecule has 134 valence electrons. The Balaban J connectivity index is 2.18. The summed E-state index contributed by atoms with van der Waals surface area (Å²) >= 11 is 16.6. The Hall–Kier alpha value is -0.330. The number of carbonyl (C=O) groups excluding carboxylic acids is 1. The Kier molecular flexibility index (Phi) is 8.02. The summed E-state index contributed by atoms with van der Waals surface area (Å²) in [5, 5.41) is 17.2. The molecule has 2 rings (SSSR count). The predicted octanol–water partition coefficient (Wildman–Crippen LogP) is 5.07. The molecule has 0 aliphatic carbocycles. The molecule has 1 amide bonds. The van der Waals surface area contributed by atoms with Gasteiger partial charge in [-0.15, -0.1) is 0 Å². The first-order chi connectivity index (χ1) is 11.8. The second kappa shape index (κ2) is 9.56. The molecule has 0 bridgehead atoms. The van der Waals surface area contributed by atoms with Gasteiger partial charge in [-0.25, -0.2) is 0 Å². The molecule has 0 fully saturated rings. The Morgan fingerprint density at radius 2 is 1.84 bits per heavy atom. The molecular weight excluding hydrogens is 591 g/mol. The van der Waals surface area contributed by atoms with Gasteiger partial charge in [-0.05, 0) is 81.1 Å². The maximum Gasteiger partial charge on any atom is 0.241 e. The van der Waals surface area contributed by atoms with Crippen molar-refractivity contribution in [1.29, 1.82) is 0 Å². The average molecular weight is 606 g/mol. The lowest BCUT2D eigenvalue weighted by atomic mass is 10.2. The van der Waals surface area contributed by atoms with Crippen LogP contribution < -0.4 is 10.6 Å². The van der Waals surface area contributed by atoms with E-state index in [1.807, 2.05) is 24.3 Å². The number of rotatable bonds is 6. The summed E-state index contributed by atoms with van der Waals surface area (Å²) in [5.41, 5.74) is 2.48. The molecule has 0 atom stereocenters. The fourth-order valence-electron chi connectivity index (χ4n) is 2.09. The van der Waals surface area contributed by atoms with Crippen molar-refractivity contribution in [3.05, 3.63) is 53.1 Å². The van der Waals surface area contributed by atoms with Crippen LogP contribution in [0.15, 0.2) is 30.3 Å². The average Bonchev–Trinajstić information content (AvgIpc) is 2.51. The highest BCUT2D eigenvalue weighted by Crippen LogP contribution is 2.29. The van der Waals surface area contributed by atoms with Crippen molar-refractivity contribution in [2.24, 2.45) is 0 Å². The third-order valence-corrected chi connectivity index (χ3v) is 5.82. The molecule has 0 unspecified atom stereocenters. The second-order valence-corrected chi connectivity index (χ2v) is 8.38. The highest BCUT2D eigenvalue weighted by molar-refractivity contribution is 14.1. The normalized spacial score (nSPS) is 10.8. The van der Waals surface area contributed by atoms with E-state index >= 15 is 0 Å². The Labute approximate surface area is 183 Å².